The van der Waals surface area contributed by atoms with Gasteiger partial charge < -0.3 is 10.1 Å². The minimum Gasteiger partial charge on any atom is -0.495 e. The Hall–Kier alpha value is -0.930. The van der Waals surface area contributed by atoms with E-state index in [4.69, 9.17) is 16.3 Å². The van der Waals surface area contributed by atoms with Gasteiger partial charge in [0.2, 0.25) is 0 Å². The lowest BCUT2D eigenvalue weighted by Gasteiger charge is -2.17. The van der Waals surface area contributed by atoms with Crippen LogP contribution in [0.5, 0.6) is 5.75 Å². The number of halogens is 1. The Kier molecular flexibility index (Phi) is 3.35. The van der Waals surface area contributed by atoms with Crippen molar-refractivity contribution < 1.29 is 4.74 Å². The number of ether oxygens (including phenoxy) is 1. The Labute approximate surface area is 113 Å². The van der Waals surface area contributed by atoms with Crippen molar-refractivity contribution >= 4 is 17.3 Å². The van der Waals surface area contributed by atoms with E-state index in [0.29, 0.717) is 11.1 Å². The first-order valence-electron chi connectivity index (χ1n) is 6.60. The minimum atomic E-state index is 0.551. The smallest absolute Gasteiger partial charge is 0.137 e. The van der Waals surface area contributed by atoms with Gasteiger partial charge in [0.25, 0.3) is 0 Å². The minimum absolute atomic E-state index is 0.551. The third-order valence-electron chi connectivity index (χ3n) is 3.81. The first-order chi connectivity index (χ1) is 8.76. The molecular formula is C14H19ClN2O. The van der Waals surface area contributed by atoms with Crippen molar-refractivity contribution in [2.24, 2.45) is 0 Å². The normalized spacial score (nSPS) is 24.2. The Morgan fingerprint density at radius 3 is 2.83 bits per heavy atom. The Morgan fingerprint density at radius 2 is 2.17 bits per heavy atom. The second-order valence-electron chi connectivity index (χ2n) is 5.21. The monoisotopic (exact) mass is 266 g/mol. The van der Waals surface area contributed by atoms with Crippen molar-refractivity contribution in [1.82, 2.24) is 4.90 Å². The van der Waals surface area contributed by atoms with Gasteiger partial charge in [-0.2, -0.15) is 0 Å². The number of hydrogen-bond acceptors (Lipinski definition) is 3. The van der Waals surface area contributed by atoms with Crippen LogP contribution in [0.15, 0.2) is 18.2 Å². The van der Waals surface area contributed by atoms with Crippen LogP contribution in [-0.2, 0) is 0 Å². The Morgan fingerprint density at radius 1 is 1.33 bits per heavy atom. The summed E-state index contributed by atoms with van der Waals surface area (Å²) in [6.45, 7) is 2.39. The molecule has 2 fully saturated rings. The van der Waals surface area contributed by atoms with E-state index in [9.17, 15) is 0 Å². The molecule has 0 amide bonds. The highest BCUT2D eigenvalue weighted by Crippen LogP contribution is 2.32. The molecule has 0 aromatic heterocycles. The van der Waals surface area contributed by atoms with Crippen LogP contribution >= 0.6 is 11.6 Å². The number of nitrogens with one attached hydrogen (secondary N) is 1. The molecule has 1 atom stereocenters. The first-order valence-corrected chi connectivity index (χ1v) is 6.98. The van der Waals surface area contributed by atoms with Crippen LogP contribution in [0.3, 0.4) is 0 Å². The SMILES string of the molecule is COc1ccc(NC2CCN(C3CC3)C2)cc1Cl. The van der Waals surface area contributed by atoms with Gasteiger partial charge in [-0.15, -0.1) is 0 Å². The lowest BCUT2D eigenvalue weighted by atomic mass is 10.2. The average Bonchev–Trinajstić information content (AvgIpc) is 3.11. The summed E-state index contributed by atoms with van der Waals surface area (Å²) in [7, 11) is 1.64. The molecule has 2 aliphatic rings. The van der Waals surface area contributed by atoms with Gasteiger partial charge in [-0.1, -0.05) is 11.6 Å². The summed E-state index contributed by atoms with van der Waals surface area (Å²) in [6, 6.07) is 7.31. The van der Waals surface area contributed by atoms with Crippen molar-refractivity contribution in [3.8, 4) is 5.75 Å². The standard InChI is InChI=1S/C14H19ClN2O/c1-18-14-5-2-10(8-13(14)15)16-11-6-7-17(9-11)12-3-4-12/h2,5,8,11-12,16H,3-4,6-7,9H2,1H3. The van der Waals surface area contributed by atoms with Crippen molar-refractivity contribution in [3.63, 3.8) is 0 Å². The Balaban J connectivity index is 1.60. The van der Waals surface area contributed by atoms with Crippen LogP contribution in [0.25, 0.3) is 0 Å². The highest BCUT2D eigenvalue weighted by molar-refractivity contribution is 6.32. The van der Waals surface area contributed by atoms with Gasteiger partial charge in [0, 0.05) is 30.9 Å². The third kappa shape index (κ3) is 2.57. The average molecular weight is 267 g/mol. The molecule has 1 aliphatic heterocycles. The zero-order chi connectivity index (χ0) is 12.5. The molecule has 1 saturated carbocycles. The molecule has 1 aromatic carbocycles. The second kappa shape index (κ2) is 4.98. The van der Waals surface area contributed by atoms with Crippen LogP contribution in [0.2, 0.25) is 5.02 Å². The predicted octanol–water partition coefficient (Wildman–Crippen LogP) is 3.00. The van der Waals surface area contributed by atoms with E-state index in [-0.39, 0.29) is 0 Å². The van der Waals surface area contributed by atoms with Gasteiger partial charge >= 0.3 is 0 Å². The van der Waals surface area contributed by atoms with E-state index in [2.05, 4.69) is 10.2 Å². The molecule has 0 spiro atoms. The number of nitrogens with zero attached hydrogens (tertiary/aromatic N) is 1. The van der Waals surface area contributed by atoms with Crippen LogP contribution in [0, 0.1) is 0 Å². The molecule has 18 heavy (non-hydrogen) atoms. The highest BCUT2D eigenvalue weighted by Gasteiger charge is 2.34. The van der Waals surface area contributed by atoms with Crippen molar-refractivity contribution in [3.05, 3.63) is 23.2 Å². The largest absolute Gasteiger partial charge is 0.495 e. The highest BCUT2D eigenvalue weighted by atomic mass is 35.5. The van der Waals surface area contributed by atoms with Gasteiger partial charge in [-0.3, -0.25) is 4.90 Å². The number of anilines is 1. The fourth-order valence-electron chi connectivity index (χ4n) is 2.67. The van der Waals surface area contributed by atoms with Crippen LogP contribution in [0.4, 0.5) is 5.69 Å². The van der Waals surface area contributed by atoms with E-state index in [1.54, 1.807) is 7.11 Å². The summed E-state index contributed by atoms with van der Waals surface area (Å²) >= 11 is 6.13. The summed E-state index contributed by atoms with van der Waals surface area (Å²) in [4.78, 5) is 2.60. The molecule has 3 nitrogen and oxygen atoms in total. The van der Waals surface area contributed by atoms with Gasteiger partial charge in [-0.05, 0) is 37.5 Å². The number of rotatable bonds is 4. The molecule has 0 bridgehead atoms. The van der Waals surface area contributed by atoms with Gasteiger partial charge in [-0.25, -0.2) is 0 Å². The van der Waals surface area contributed by atoms with Crippen LogP contribution in [0.1, 0.15) is 19.3 Å². The number of benzene rings is 1. The number of methoxy groups -OCH3 is 1. The maximum absolute atomic E-state index is 6.13. The molecule has 1 saturated heterocycles. The molecule has 98 valence electrons. The van der Waals surface area contributed by atoms with Crippen LogP contribution in [-0.4, -0.2) is 37.2 Å². The van der Waals surface area contributed by atoms with E-state index >= 15 is 0 Å². The topological polar surface area (TPSA) is 24.5 Å². The molecule has 4 heteroatoms. The van der Waals surface area contributed by atoms with Crippen molar-refractivity contribution in [2.45, 2.75) is 31.3 Å². The molecule has 1 aliphatic carbocycles. The summed E-state index contributed by atoms with van der Waals surface area (Å²) in [5.41, 5.74) is 1.09. The van der Waals surface area contributed by atoms with Gasteiger partial charge in [0.05, 0.1) is 12.1 Å². The van der Waals surface area contributed by atoms with Gasteiger partial charge in [0.1, 0.15) is 5.75 Å². The lowest BCUT2D eigenvalue weighted by Crippen LogP contribution is -2.27. The zero-order valence-electron chi connectivity index (χ0n) is 10.7. The van der Waals surface area contributed by atoms with Gasteiger partial charge in [0.15, 0.2) is 0 Å². The van der Waals surface area contributed by atoms with E-state index in [0.717, 1.165) is 24.0 Å². The molecule has 1 heterocycles. The second-order valence-corrected chi connectivity index (χ2v) is 5.61. The summed E-state index contributed by atoms with van der Waals surface area (Å²) in [5, 5.41) is 4.23. The van der Waals surface area contributed by atoms with E-state index < -0.39 is 0 Å². The van der Waals surface area contributed by atoms with E-state index in [1.165, 1.54) is 25.8 Å². The number of likely N-dealkylation sites (tertiary alicyclic amines) is 1. The fraction of sp³-hybridized carbons (Fsp3) is 0.571. The third-order valence-corrected chi connectivity index (χ3v) is 4.10. The van der Waals surface area contributed by atoms with Crippen molar-refractivity contribution in [2.75, 3.05) is 25.5 Å². The van der Waals surface area contributed by atoms with Crippen molar-refractivity contribution in [1.29, 1.82) is 0 Å². The quantitative estimate of drug-likeness (QED) is 0.907. The fourth-order valence-corrected chi connectivity index (χ4v) is 2.93. The van der Waals surface area contributed by atoms with E-state index in [1.807, 2.05) is 18.2 Å². The first kappa shape index (κ1) is 12.1. The molecule has 0 radical (unpaired) electrons. The maximum Gasteiger partial charge on any atom is 0.137 e. The predicted molar refractivity (Wildman–Crippen MR) is 74.6 cm³/mol. The summed E-state index contributed by atoms with van der Waals surface area (Å²) in [6.07, 6.45) is 4.00. The molecule has 3 rings (SSSR count). The molecular weight excluding hydrogens is 248 g/mol. The maximum atomic E-state index is 6.13. The zero-order valence-corrected chi connectivity index (χ0v) is 11.4. The summed E-state index contributed by atoms with van der Waals surface area (Å²) < 4.78 is 5.16. The number of hydrogen-bond donors (Lipinski definition) is 1. The molecule has 1 aromatic rings. The Bertz CT molecular complexity index is 434. The molecule has 1 unspecified atom stereocenters. The molecule has 1 N–H and O–H groups in total. The van der Waals surface area contributed by atoms with Crippen LogP contribution < -0.4 is 10.1 Å². The summed E-state index contributed by atoms with van der Waals surface area (Å²) in [5.74, 6) is 0.730. The lowest BCUT2D eigenvalue weighted by molar-refractivity contribution is 0.326.